The van der Waals surface area contributed by atoms with E-state index < -0.39 is 16.8 Å². The molecule has 1 N–H and O–H groups in total. The highest BCUT2D eigenvalue weighted by atomic mass is 79.9. The summed E-state index contributed by atoms with van der Waals surface area (Å²) in [6.45, 7) is 1.64. The monoisotopic (exact) mass is 284 g/mol. The first kappa shape index (κ1) is 11.5. The van der Waals surface area contributed by atoms with Gasteiger partial charge in [-0.3, -0.25) is 4.98 Å². The SMILES string of the molecule is CC1(O)CC(C#N)(c2ncc(Br)cc2F)C1. The Morgan fingerprint density at radius 1 is 1.62 bits per heavy atom. The molecule has 1 aliphatic rings. The summed E-state index contributed by atoms with van der Waals surface area (Å²) in [7, 11) is 0. The summed E-state index contributed by atoms with van der Waals surface area (Å²) < 4.78 is 14.2. The van der Waals surface area contributed by atoms with Gasteiger partial charge in [0, 0.05) is 23.5 Å². The minimum absolute atomic E-state index is 0.129. The highest BCUT2D eigenvalue weighted by Gasteiger charge is 2.54. The van der Waals surface area contributed by atoms with Crippen LogP contribution in [0.1, 0.15) is 25.5 Å². The summed E-state index contributed by atoms with van der Waals surface area (Å²) in [5, 5.41) is 18.8. The Labute approximate surface area is 101 Å². The molecular weight excluding hydrogens is 275 g/mol. The third kappa shape index (κ3) is 1.72. The van der Waals surface area contributed by atoms with Gasteiger partial charge in [0.15, 0.2) is 0 Å². The predicted molar refractivity (Wildman–Crippen MR) is 59.0 cm³/mol. The van der Waals surface area contributed by atoms with Crippen LogP contribution in [0, 0.1) is 17.1 Å². The first-order valence-corrected chi connectivity index (χ1v) is 5.63. The molecule has 0 aromatic carbocycles. The Bertz CT molecular complexity index is 473. The Hall–Kier alpha value is -0.990. The van der Waals surface area contributed by atoms with E-state index in [1.165, 1.54) is 12.3 Å². The van der Waals surface area contributed by atoms with Crippen LogP contribution in [-0.2, 0) is 5.41 Å². The summed E-state index contributed by atoms with van der Waals surface area (Å²) in [4.78, 5) is 3.95. The molecule has 1 heterocycles. The van der Waals surface area contributed by atoms with Crippen molar-refractivity contribution in [2.45, 2.75) is 30.8 Å². The maximum Gasteiger partial charge on any atom is 0.147 e. The second kappa shape index (κ2) is 3.51. The van der Waals surface area contributed by atoms with Crippen molar-refractivity contribution in [3.63, 3.8) is 0 Å². The number of nitriles is 1. The van der Waals surface area contributed by atoms with Crippen molar-refractivity contribution in [3.05, 3.63) is 28.2 Å². The first-order chi connectivity index (χ1) is 7.38. The van der Waals surface area contributed by atoms with Crippen molar-refractivity contribution in [1.29, 1.82) is 5.26 Å². The largest absolute Gasteiger partial charge is 0.390 e. The van der Waals surface area contributed by atoms with Crippen LogP contribution in [-0.4, -0.2) is 15.7 Å². The van der Waals surface area contributed by atoms with Crippen LogP contribution in [0.4, 0.5) is 4.39 Å². The maximum atomic E-state index is 13.7. The third-order valence-electron chi connectivity index (χ3n) is 2.84. The van der Waals surface area contributed by atoms with E-state index in [-0.39, 0.29) is 18.5 Å². The minimum atomic E-state index is -0.978. The molecule has 0 spiro atoms. The highest BCUT2D eigenvalue weighted by molar-refractivity contribution is 9.10. The van der Waals surface area contributed by atoms with Gasteiger partial charge < -0.3 is 5.11 Å². The van der Waals surface area contributed by atoms with Crippen LogP contribution in [0.25, 0.3) is 0 Å². The van der Waals surface area contributed by atoms with E-state index >= 15 is 0 Å². The van der Waals surface area contributed by atoms with Crippen molar-refractivity contribution >= 4 is 15.9 Å². The second-order valence-electron chi connectivity index (χ2n) is 4.53. The van der Waals surface area contributed by atoms with Gasteiger partial charge in [-0.25, -0.2) is 4.39 Å². The number of rotatable bonds is 1. The lowest BCUT2D eigenvalue weighted by Crippen LogP contribution is -2.52. The molecule has 0 radical (unpaired) electrons. The zero-order valence-electron chi connectivity index (χ0n) is 8.67. The van der Waals surface area contributed by atoms with Crippen molar-refractivity contribution in [2.75, 3.05) is 0 Å². The van der Waals surface area contributed by atoms with Gasteiger partial charge in [0.2, 0.25) is 0 Å². The van der Waals surface area contributed by atoms with E-state index in [1.807, 2.05) is 0 Å². The number of hydrogen-bond donors (Lipinski definition) is 1. The molecule has 5 heteroatoms. The predicted octanol–water partition coefficient (Wildman–Crippen LogP) is 2.29. The van der Waals surface area contributed by atoms with Crippen LogP contribution in [0.5, 0.6) is 0 Å². The van der Waals surface area contributed by atoms with E-state index in [9.17, 15) is 9.50 Å². The van der Waals surface area contributed by atoms with Gasteiger partial charge in [0.1, 0.15) is 11.2 Å². The molecule has 2 rings (SSSR count). The number of halogens is 2. The van der Waals surface area contributed by atoms with Gasteiger partial charge >= 0.3 is 0 Å². The number of hydrogen-bond acceptors (Lipinski definition) is 3. The molecule has 1 aromatic heterocycles. The van der Waals surface area contributed by atoms with Gasteiger partial charge in [-0.1, -0.05) is 0 Å². The molecule has 0 aliphatic heterocycles. The van der Waals surface area contributed by atoms with Crippen molar-refractivity contribution in [1.82, 2.24) is 4.98 Å². The van der Waals surface area contributed by atoms with E-state index in [1.54, 1.807) is 6.92 Å². The molecule has 1 aromatic rings. The topological polar surface area (TPSA) is 56.9 Å². The smallest absolute Gasteiger partial charge is 0.147 e. The first-order valence-electron chi connectivity index (χ1n) is 4.84. The molecular formula is C11H10BrFN2O. The number of aromatic nitrogens is 1. The van der Waals surface area contributed by atoms with Crippen LogP contribution >= 0.6 is 15.9 Å². The molecule has 84 valence electrons. The van der Waals surface area contributed by atoms with Gasteiger partial charge in [0.05, 0.1) is 17.4 Å². The highest BCUT2D eigenvalue weighted by Crippen LogP contribution is 2.49. The fraction of sp³-hybridized carbons (Fsp3) is 0.455. The molecule has 1 fully saturated rings. The Balaban J connectivity index is 2.41. The fourth-order valence-electron chi connectivity index (χ4n) is 2.31. The molecule has 0 bridgehead atoms. The normalized spacial score (nSPS) is 32.9. The van der Waals surface area contributed by atoms with E-state index in [2.05, 4.69) is 27.0 Å². The molecule has 1 saturated carbocycles. The third-order valence-corrected chi connectivity index (χ3v) is 3.27. The van der Waals surface area contributed by atoms with Crippen molar-refractivity contribution in [3.8, 4) is 6.07 Å². The summed E-state index contributed by atoms with van der Waals surface area (Å²) in [5.74, 6) is -0.508. The van der Waals surface area contributed by atoms with Crippen molar-refractivity contribution < 1.29 is 9.50 Å². The zero-order chi connectivity index (χ0) is 12.0. The summed E-state index contributed by atoms with van der Waals surface area (Å²) in [5.41, 5.74) is -1.74. The fourth-order valence-corrected chi connectivity index (χ4v) is 2.62. The van der Waals surface area contributed by atoms with Crippen LogP contribution in [0.3, 0.4) is 0 Å². The zero-order valence-corrected chi connectivity index (χ0v) is 10.3. The molecule has 0 unspecified atom stereocenters. The second-order valence-corrected chi connectivity index (χ2v) is 5.44. The molecule has 3 nitrogen and oxygen atoms in total. The van der Waals surface area contributed by atoms with Crippen molar-refractivity contribution in [2.24, 2.45) is 0 Å². The Kier molecular flexibility index (Phi) is 2.52. The average molecular weight is 285 g/mol. The van der Waals surface area contributed by atoms with Gasteiger partial charge in [-0.15, -0.1) is 0 Å². The Morgan fingerprint density at radius 3 is 2.69 bits per heavy atom. The lowest BCUT2D eigenvalue weighted by Gasteiger charge is -2.46. The number of nitrogens with zero attached hydrogens (tertiary/aromatic N) is 2. The molecule has 0 saturated heterocycles. The molecule has 16 heavy (non-hydrogen) atoms. The van der Waals surface area contributed by atoms with E-state index in [4.69, 9.17) is 5.26 Å². The van der Waals surface area contributed by atoms with Crippen LogP contribution in [0.15, 0.2) is 16.7 Å². The Morgan fingerprint density at radius 2 is 2.25 bits per heavy atom. The summed E-state index contributed by atoms with van der Waals surface area (Å²) in [6, 6.07) is 3.36. The lowest BCUT2D eigenvalue weighted by atomic mass is 9.59. The van der Waals surface area contributed by atoms with Gasteiger partial charge in [0.25, 0.3) is 0 Å². The maximum absolute atomic E-state index is 13.7. The van der Waals surface area contributed by atoms with Gasteiger partial charge in [-0.2, -0.15) is 5.26 Å². The quantitative estimate of drug-likeness (QED) is 0.861. The number of pyridine rings is 1. The minimum Gasteiger partial charge on any atom is -0.390 e. The summed E-state index contributed by atoms with van der Waals surface area (Å²) >= 11 is 3.11. The standard InChI is InChI=1S/C11H10BrFN2O/c1-10(16)4-11(5-10,6-14)9-8(13)2-7(12)3-15-9/h2-3,16H,4-5H2,1H3. The van der Waals surface area contributed by atoms with E-state index in [0.717, 1.165) is 0 Å². The number of aliphatic hydroxyl groups is 1. The molecule has 0 atom stereocenters. The average Bonchev–Trinajstić information content (AvgIpc) is 2.13. The lowest BCUT2D eigenvalue weighted by molar-refractivity contribution is -0.0579. The van der Waals surface area contributed by atoms with Gasteiger partial charge in [-0.05, 0) is 28.9 Å². The summed E-state index contributed by atoms with van der Waals surface area (Å²) in [6.07, 6.45) is 1.91. The molecule has 0 amide bonds. The van der Waals surface area contributed by atoms with Crippen LogP contribution < -0.4 is 0 Å². The van der Waals surface area contributed by atoms with Crippen LogP contribution in [0.2, 0.25) is 0 Å². The molecule has 1 aliphatic carbocycles. The van der Waals surface area contributed by atoms with E-state index in [0.29, 0.717) is 4.47 Å².